The monoisotopic (exact) mass is 306 g/mol. The number of thioether (sulfide) groups is 1. The molecule has 19 heavy (non-hydrogen) atoms. The van der Waals surface area contributed by atoms with Gasteiger partial charge in [0.05, 0.1) is 11.5 Å². The molecule has 2 saturated heterocycles. The lowest BCUT2D eigenvalue weighted by Crippen LogP contribution is -2.46. The molecule has 3 unspecified atom stereocenters. The van der Waals surface area contributed by atoms with Crippen molar-refractivity contribution >= 4 is 28.5 Å². The fraction of sp³-hybridized carbons (Fsp3) is 0.923. The third kappa shape index (κ3) is 3.95. The van der Waals surface area contributed by atoms with Crippen LogP contribution in [0.25, 0.3) is 0 Å². The van der Waals surface area contributed by atoms with Crippen molar-refractivity contribution in [2.45, 2.75) is 43.5 Å². The summed E-state index contributed by atoms with van der Waals surface area (Å²) in [5.74, 6) is 1.12. The van der Waals surface area contributed by atoms with Gasteiger partial charge in [0, 0.05) is 28.4 Å². The van der Waals surface area contributed by atoms with Crippen LogP contribution in [0.3, 0.4) is 0 Å². The summed E-state index contributed by atoms with van der Waals surface area (Å²) in [7, 11) is -1.05. The fourth-order valence-electron chi connectivity index (χ4n) is 2.75. The lowest BCUT2D eigenvalue weighted by atomic mass is 9.88. The van der Waals surface area contributed by atoms with Crippen molar-refractivity contribution in [2.24, 2.45) is 5.92 Å². The van der Waals surface area contributed by atoms with E-state index >= 15 is 0 Å². The smallest absolute Gasteiger partial charge is 0.307 e. The van der Waals surface area contributed by atoms with Gasteiger partial charge in [-0.1, -0.05) is 6.92 Å². The maximum absolute atomic E-state index is 12.3. The number of carbonyl (C=O) groups is 1. The van der Waals surface area contributed by atoms with Crippen molar-refractivity contribution in [3.8, 4) is 0 Å². The quantitative estimate of drug-likeness (QED) is 0.859. The van der Waals surface area contributed by atoms with E-state index in [4.69, 9.17) is 9.84 Å². The molecule has 3 atom stereocenters. The molecule has 6 heteroatoms. The molecular weight excluding hydrogens is 284 g/mol. The van der Waals surface area contributed by atoms with Crippen molar-refractivity contribution in [3.05, 3.63) is 0 Å². The van der Waals surface area contributed by atoms with Gasteiger partial charge < -0.3 is 9.84 Å². The highest BCUT2D eigenvalue weighted by molar-refractivity contribution is 7.99. The minimum absolute atomic E-state index is 0.0731. The average molecular weight is 306 g/mol. The molecule has 0 radical (unpaired) electrons. The van der Waals surface area contributed by atoms with E-state index in [-0.39, 0.29) is 16.6 Å². The number of hydrogen-bond donors (Lipinski definition) is 1. The topological polar surface area (TPSA) is 63.6 Å². The summed E-state index contributed by atoms with van der Waals surface area (Å²) in [5, 5.41) is 9.02. The van der Waals surface area contributed by atoms with Crippen LogP contribution in [-0.2, 0) is 20.3 Å². The SMILES string of the molecule is CC(CS(=O)C1CCOC2(CCSCC2)C1)C(=O)O. The van der Waals surface area contributed by atoms with E-state index < -0.39 is 22.7 Å². The lowest BCUT2D eigenvalue weighted by molar-refractivity contribution is -0.140. The summed E-state index contributed by atoms with van der Waals surface area (Å²) in [5.41, 5.74) is -0.0731. The average Bonchev–Trinajstić information content (AvgIpc) is 2.39. The van der Waals surface area contributed by atoms with Crippen LogP contribution in [0.2, 0.25) is 0 Å². The van der Waals surface area contributed by atoms with Crippen molar-refractivity contribution < 1.29 is 18.8 Å². The van der Waals surface area contributed by atoms with Gasteiger partial charge in [-0.25, -0.2) is 0 Å². The van der Waals surface area contributed by atoms with Crippen molar-refractivity contribution in [1.29, 1.82) is 0 Å². The van der Waals surface area contributed by atoms with Gasteiger partial charge in [-0.3, -0.25) is 9.00 Å². The van der Waals surface area contributed by atoms with Gasteiger partial charge in [-0.05, 0) is 37.2 Å². The van der Waals surface area contributed by atoms with Gasteiger partial charge in [0.2, 0.25) is 0 Å². The van der Waals surface area contributed by atoms with Crippen LogP contribution in [0.4, 0.5) is 0 Å². The summed E-state index contributed by atoms with van der Waals surface area (Å²) >= 11 is 1.95. The molecule has 2 aliphatic rings. The molecule has 0 aromatic carbocycles. The molecule has 0 aromatic rings. The Kier molecular flexibility index (Phi) is 5.31. The molecule has 0 aliphatic carbocycles. The van der Waals surface area contributed by atoms with Crippen LogP contribution in [0, 0.1) is 5.92 Å². The summed E-state index contributed by atoms with van der Waals surface area (Å²) in [6, 6.07) is 0. The van der Waals surface area contributed by atoms with E-state index in [0.717, 1.165) is 37.2 Å². The molecule has 2 rings (SSSR count). The van der Waals surface area contributed by atoms with Gasteiger partial charge in [0.1, 0.15) is 0 Å². The van der Waals surface area contributed by atoms with E-state index in [1.54, 1.807) is 6.92 Å². The zero-order valence-electron chi connectivity index (χ0n) is 11.3. The van der Waals surface area contributed by atoms with Crippen molar-refractivity contribution in [3.63, 3.8) is 0 Å². The first kappa shape index (κ1) is 15.3. The normalized spacial score (nSPS) is 29.8. The van der Waals surface area contributed by atoms with Gasteiger partial charge >= 0.3 is 5.97 Å². The predicted octanol–water partition coefficient (Wildman–Crippen LogP) is 1.90. The van der Waals surface area contributed by atoms with Gasteiger partial charge in [-0.15, -0.1) is 0 Å². The third-order valence-corrected chi connectivity index (χ3v) is 7.02. The van der Waals surface area contributed by atoms with Gasteiger partial charge in [0.15, 0.2) is 0 Å². The number of ether oxygens (including phenoxy) is 1. The number of rotatable bonds is 4. The Balaban J connectivity index is 1.93. The number of carboxylic acid groups (broad SMARTS) is 1. The number of aliphatic carboxylic acids is 1. The Morgan fingerprint density at radius 3 is 2.84 bits per heavy atom. The van der Waals surface area contributed by atoms with Gasteiger partial charge in [0.25, 0.3) is 0 Å². The molecule has 1 spiro atoms. The minimum atomic E-state index is -1.05. The predicted molar refractivity (Wildman–Crippen MR) is 78.1 cm³/mol. The highest BCUT2D eigenvalue weighted by atomic mass is 32.2. The molecule has 0 aromatic heterocycles. The number of hydrogen-bond acceptors (Lipinski definition) is 4. The summed E-state index contributed by atoms with van der Waals surface area (Å²) in [6.45, 7) is 2.30. The second kappa shape index (κ2) is 6.59. The maximum atomic E-state index is 12.3. The molecule has 0 amide bonds. The molecule has 2 fully saturated rings. The van der Waals surface area contributed by atoms with E-state index in [2.05, 4.69) is 0 Å². The first-order valence-corrected chi connectivity index (χ1v) is 9.38. The van der Waals surface area contributed by atoms with Gasteiger partial charge in [-0.2, -0.15) is 11.8 Å². The highest BCUT2D eigenvalue weighted by Crippen LogP contribution is 2.39. The maximum Gasteiger partial charge on any atom is 0.307 e. The van der Waals surface area contributed by atoms with E-state index in [9.17, 15) is 9.00 Å². The minimum Gasteiger partial charge on any atom is -0.481 e. The highest BCUT2D eigenvalue weighted by Gasteiger charge is 2.40. The number of carboxylic acids is 1. The molecule has 1 N–H and O–H groups in total. The fourth-order valence-corrected chi connectivity index (χ4v) is 5.75. The largest absolute Gasteiger partial charge is 0.481 e. The van der Waals surface area contributed by atoms with Crippen LogP contribution in [0.15, 0.2) is 0 Å². The third-order valence-electron chi connectivity index (χ3n) is 4.06. The second-order valence-corrected chi connectivity index (χ2v) is 8.53. The van der Waals surface area contributed by atoms with Crippen LogP contribution in [0.1, 0.15) is 32.6 Å². The van der Waals surface area contributed by atoms with Crippen LogP contribution in [-0.4, -0.2) is 50.0 Å². The second-order valence-electron chi connectivity index (χ2n) is 5.55. The zero-order chi connectivity index (χ0) is 13.9. The van der Waals surface area contributed by atoms with Crippen LogP contribution >= 0.6 is 11.8 Å². The Bertz CT molecular complexity index is 347. The summed E-state index contributed by atoms with van der Waals surface area (Å²) in [4.78, 5) is 10.9. The molecule has 2 aliphatic heterocycles. The molecule has 110 valence electrons. The van der Waals surface area contributed by atoms with E-state index in [1.807, 2.05) is 11.8 Å². The Morgan fingerprint density at radius 2 is 2.21 bits per heavy atom. The van der Waals surface area contributed by atoms with Crippen molar-refractivity contribution in [1.82, 2.24) is 0 Å². The molecule has 0 bridgehead atoms. The van der Waals surface area contributed by atoms with Crippen molar-refractivity contribution in [2.75, 3.05) is 23.9 Å². The first-order valence-electron chi connectivity index (χ1n) is 6.84. The summed E-state index contributed by atoms with van der Waals surface area (Å²) in [6.07, 6.45) is 3.72. The van der Waals surface area contributed by atoms with E-state index in [0.29, 0.717) is 6.61 Å². The molecule has 4 nitrogen and oxygen atoms in total. The Morgan fingerprint density at radius 1 is 1.53 bits per heavy atom. The molecular formula is C13H22O4S2. The Labute approximate surface area is 121 Å². The molecule has 0 saturated carbocycles. The first-order chi connectivity index (χ1) is 9.02. The van der Waals surface area contributed by atoms with Crippen LogP contribution in [0.5, 0.6) is 0 Å². The summed E-state index contributed by atoms with van der Waals surface area (Å²) < 4.78 is 18.3. The zero-order valence-corrected chi connectivity index (χ0v) is 12.9. The Hall–Kier alpha value is -0.0700. The standard InChI is InChI=1S/C13H22O4S2/c1-10(12(14)15)9-19(16)11-2-5-17-13(8-11)3-6-18-7-4-13/h10-11H,2-9H2,1H3,(H,14,15). The van der Waals surface area contributed by atoms with Crippen LogP contribution < -0.4 is 0 Å². The van der Waals surface area contributed by atoms with E-state index in [1.165, 1.54) is 0 Å². The molecule has 2 heterocycles. The lowest BCUT2D eigenvalue weighted by Gasteiger charge is -2.43.